The van der Waals surface area contributed by atoms with Crippen LogP contribution in [0.2, 0.25) is 0 Å². The smallest absolute Gasteiger partial charge is 0.220 e. The number of nitrogens with zero attached hydrogens (tertiary/aromatic N) is 4. The van der Waals surface area contributed by atoms with Crippen LogP contribution in [-0.2, 0) is 23.0 Å². The molecule has 7 heteroatoms. The van der Waals surface area contributed by atoms with Crippen molar-refractivity contribution in [3.8, 4) is 0 Å². The van der Waals surface area contributed by atoms with Crippen molar-refractivity contribution in [3.05, 3.63) is 47.0 Å². The van der Waals surface area contributed by atoms with Gasteiger partial charge in [-0.15, -0.1) is 0 Å². The summed E-state index contributed by atoms with van der Waals surface area (Å²) in [5, 5.41) is 7.53. The van der Waals surface area contributed by atoms with Gasteiger partial charge in [0.25, 0.3) is 0 Å². The first-order valence-electron chi connectivity index (χ1n) is 9.54. The molecule has 0 radical (unpaired) electrons. The first-order chi connectivity index (χ1) is 13.1. The van der Waals surface area contributed by atoms with E-state index in [0.717, 1.165) is 43.4 Å². The van der Waals surface area contributed by atoms with E-state index in [0.29, 0.717) is 19.4 Å². The topological polar surface area (TPSA) is 72.3 Å². The van der Waals surface area contributed by atoms with Gasteiger partial charge < -0.3 is 10.1 Å². The lowest BCUT2D eigenvalue weighted by Gasteiger charge is -2.34. The zero-order valence-electron chi connectivity index (χ0n) is 16.4. The Labute approximate surface area is 160 Å². The monoisotopic (exact) mass is 371 g/mol. The van der Waals surface area contributed by atoms with Gasteiger partial charge in [-0.1, -0.05) is 6.07 Å². The first kappa shape index (κ1) is 19.5. The Morgan fingerprint density at radius 3 is 2.70 bits per heavy atom. The Morgan fingerprint density at radius 2 is 2.07 bits per heavy atom. The Kier molecular flexibility index (Phi) is 6.58. The summed E-state index contributed by atoms with van der Waals surface area (Å²) in [4.78, 5) is 19.3. The molecule has 1 aliphatic rings. The number of hydrogen-bond donors (Lipinski definition) is 1. The van der Waals surface area contributed by atoms with Crippen molar-refractivity contribution in [2.24, 2.45) is 7.05 Å². The van der Waals surface area contributed by atoms with Crippen LogP contribution in [0.5, 0.6) is 0 Å². The fraction of sp³-hybridized carbons (Fsp3) is 0.550. The minimum atomic E-state index is 0.0619. The van der Waals surface area contributed by atoms with E-state index < -0.39 is 0 Å². The maximum absolute atomic E-state index is 12.5. The molecule has 1 saturated heterocycles. The summed E-state index contributed by atoms with van der Waals surface area (Å²) < 4.78 is 7.34. The lowest BCUT2D eigenvalue weighted by Crippen LogP contribution is -2.44. The molecule has 7 nitrogen and oxygen atoms in total. The minimum absolute atomic E-state index is 0.0619. The summed E-state index contributed by atoms with van der Waals surface area (Å²) >= 11 is 0. The highest BCUT2D eigenvalue weighted by atomic mass is 16.5. The molecule has 0 aromatic carbocycles. The van der Waals surface area contributed by atoms with Gasteiger partial charge in [0, 0.05) is 45.0 Å². The molecule has 1 N–H and O–H groups in total. The molecule has 0 bridgehead atoms. The van der Waals surface area contributed by atoms with Gasteiger partial charge in [0.15, 0.2) is 0 Å². The SMILES string of the molecule is Cc1nn(C)c(C)c1CCC(=O)NC[C@H](c1ccccn1)N1CCOCC1. The van der Waals surface area contributed by atoms with E-state index >= 15 is 0 Å². The summed E-state index contributed by atoms with van der Waals surface area (Å²) in [5.74, 6) is 0.0619. The third kappa shape index (κ3) is 4.93. The van der Waals surface area contributed by atoms with Crippen molar-refractivity contribution in [2.45, 2.75) is 32.7 Å². The summed E-state index contributed by atoms with van der Waals surface area (Å²) in [7, 11) is 1.94. The Hall–Kier alpha value is -2.25. The molecular formula is C20H29N5O2. The zero-order valence-corrected chi connectivity index (χ0v) is 16.4. The Morgan fingerprint density at radius 1 is 1.30 bits per heavy atom. The van der Waals surface area contributed by atoms with E-state index in [2.05, 4.69) is 20.3 Å². The van der Waals surface area contributed by atoms with Crippen LogP contribution in [-0.4, -0.2) is 58.4 Å². The van der Waals surface area contributed by atoms with Crippen molar-refractivity contribution in [2.75, 3.05) is 32.8 Å². The molecule has 0 aliphatic carbocycles. The van der Waals surface area contributed by atoms with E-state index in [-0.39, 0.29) is 11.9 Å². The van der Waals surface area contributed by atoms with E-state index in [1.54, 1.807) is 6.20 Å². The van der Waals surface area contributed by atoms with Gasteiger partial charge in [-0.3, -0.25) is 19.4 Å². The lowest BCUT2D eigenvalue weighted by molar-refractivity contribution is -0.121. The van der Waals surface area contributed by atoms with Crippen LogP contribution in [0.15, 0.2) is 24.4 Å². The minimum Gasteiger partial charge on any atom is -0.379 e. The van der Waals surface area contributed by atoms with Gasteiger partial charge >= 0.3 is 0 Å². The van der Waals surface area contributed by atoms with Crippen molar-refractivity contribution in [1.29, 1.82) is 0 Å². The molecule has 1 aliphatic heterocycles. The molecule has 0 saturated carbocycles. The molecule has 3 rings (SSSR count). The molecule has 3 heterocycles. The van der Waals surface area contributed by atoms with Gasteiger partial charge in [-0.05, 0) is 38.0 Å². The van der Waals surface area contributed by atoms with Crippen LogP contribution in [0.25, 0.3) is 0 Å². The highest BCUT2D eigenvalue weighted by molar-refractivity contribution is 5.76. The van der Waals surface area contributed by atoms with Gasteiger partial charge in [-0.2, -0.15) is 5.10 Å². The zero-order chi connectivity index (χ0) is 19.2. The summed E-state index contributed by atoms with van der Waals surface area (Å²) in [6.07, 6.45) is 2.98. The second-order valence-electron chi connectivity index (χ2n) is 7.00. The van der Waals surface area contributed by atoms with Crippen LogP contribution in [0.3, 0.4) is 0 Å². The second-order valence-corrected chi connectivity index (χ2v) is 7.00. The van der Waals surface area contributed by atoms with Crippen molar-refractivity contribution >= 4 is 5.91 Å². The number of ether oxygens (including phenoxy) is 1. The van der Waals surface area contributed by atoms with E-state index in [1.165, 1.54) is 5.56 Å². The average Bonchev–Trinajstić information content (AvgIpc) is 2.93. The number of aromatic nitrogens is 3. The van der Waals surface area contributed by atoms with E-state index in [4.69, 9.17) is 4.74 Å². The number of rotatable bonds is 7. The van der Waals surface area contributed by atoms with Crippen molar-refractivity contribution in [1.82, 2.24) is 25.0 Å². The summed E-state index contributed by atoms with van der Waals surface area (Å²) in [5.41, 5.74) is 4.28. The Balaban J connectivity index is 1.58. The number of carbonyl (C=O) groups excluding carboxylic acids is 1. The molecule has 146 valence electrons. The van der Waals surface area contributed by atoms with Crippen LogP contribution >= 0.6 is 0 Å². The van der Waals surface area contributed by atoms with Crippen molar-refractivity contribution in [3.63, 3.8) is 0 Å². The maximum Gasteiger partial charge on any atom is 0.220 e. The normalized spacial score (nSPS) is 16.3. The average molecular weight is 371 g/mol. The second kappa shape index (κ2) is 9.10. The highest BCUT2D eigenvalue weighted by Crippen LogP contribution is 2.19. The molecule has 1 amide bonds. The third-order valence-corrected chi connectivity index (χ3v) is 5.27. The standard InChI is InChI=1S/C20H29N5O2/c1-15-17(16(2)24(3)23-15)7-8-20(26)22-14-19(18-6-4-5-9-21-18)25-10-12-27-13-11-25/h4-6,9,19H,7-8,10-14H2,1-3H3,(H,22,26)/t19-/m1/s1. The molecule has 2 aromatic heterocycles. The Bertz CT molecular complexity index is 753. The number of hydrogen-bond acceptors (Lipinski definition) is 5. The largest absolute Gasteiger partial charge is 0.379 e. The van der Waals surface area contributed by atoms with Gasteiger partial charge in [0.1, 0.15) is 0 Å². The highest BCUT2D eigenvalue weighted by Gasteiger charge is 2.24. The summed E-state index contributed by atoms with van der Waals surface area (Å²) in [6.45, 7) is 7.74. The molecule has 27 heavy (non-hydrogen) atoms. The number of amides is 1. The molecule has 1 atom stereocenters. The number of morpholine rings is 1. The quantitative estimate of drug-likeness (QED) is 0.800. The summed E-state index contributed by atoms with van der Waals surface area (Å²) in [6, 6.07) is 6.00. The molecule has 2 aromatic rings. The maximum atomic E-state index is 12.5. The first-order valence-corrected chi connectivity index (χ1v) is 9.54. The van der Waals surface area contributed by atoms with Crippen LogP contribution in [0.4, 0.5) is 0 Å². The van der Waals surface area contributed by atoms with Gasteiger partial charge in [0.2, 0.25) is 5.91 Å². The predicted octanol–water partition coefficient (Wildman–Crippen LogP) is 1.55. The fourth-order valence-electron chi connectivity index (χ4n) is 3.60. The van der Waals surface area contributed by atoms with Crippen molar-refractivity contribution < 1.29 is 9.53 Å². The fourth-order valence-corrected chi connectivity index (χ4v) is 3.60. The van der Waals surface area contributed by atoms with Gasteiger partial charge in [-0.25, -0.2) is 0 Å². The predicted molar refractivity (Wildman–Crippen MR) is 103 cm³/mol. The number of aryl methyl sites for hydroxylation is 2. The number of carbonyl (C=O) groups is 1. The third-order valence-electron chi connectivity index (χ3n) is 5.27. The van der Waals surface area contributed by atoms with Crippen LogP contribution < -0.4 is 5.32 Å². The lowest BCUT2D eigenvalue weighted by atomic mass is 10.1. The number of nitrogens with one attached hydrogen (secondary N) is 1. The van der Waals surface area contributed by atoms with Gasteiger partial charge in [0.05, 0.1) is 30.6 Å². The van der Waals surface area contributed by atoms with E-state index in [9.17, 15) is 4.79 Å². The van der Waals surface area contributed by atoms with E-state index in [1.807, 2.05) is 43.8 Å². The number of pyridine rings is 1. The molecular weight excluding hydrogens is 342 g/mol. The van der Waals surface area contributed by atoms with Crippen LogP contribution in [0.1, 0.15) is 35.1 Å². The molecule has 0 spiro atoms. The molecule has 1 fully saturated rings. The van der Waals surface area contributed by atoms with Crippen LogP contribution in [0, 0.1) is 13.8 Å². The molecule has 0 unspecified atom stereocenters.